The van der Waals surface area contributed by atoms with Gasteiger partial charge in [0.1, 0.15) is 0 Å². The zero-order chi connectivity index (χ0) is 14.5. The summed E-state index contributed by atoms with van der Waals surface area (Å²) < 4.78 is 23.9. The molecule has 0 aliphatic rings. The second kappa shape index (κ2) is 6.68. The van der Waals surface area contributed by atoms with Crippen LogP contribution in [0.5, 0.6) is 0 Å². The van der Waals surface area contributed by atoms with Crippen LogP contribution in [0.1, 0.15) is 22.3 Å². The quantitative estimate of drug-likeness (QED) is 0.816. The number of benzene rings is 1. The van der Waals surface area contributed by atoms with Crippen molar-refractivity contribution >= 4 is 15.8 Å². The lowest BCUT2D eigenvalue weighted by molar-refractivity contribution is 0.0696. The molecule has 6 heteroatoms. The number of hydrogen-bond donors (Lipinski definition) is 1. The molecular formula is C13H19NO4S. The summed E-state index contributed by atoms with van der Waals surface area (Å²) in [6.07, 6.45) is 0.546. The lowest BCUT2D eigenvalue weighted by Crippen LogP contribution is -2.18. The molecule has 0 fully saturated rings. The predicted molar refractivity (Wildman–Crippen MR) is 74.1 cm³/mol. The van der Waals surface area contributed by atoms with Gasteiger partial charge in [-0.25, -0.2) is 13.2 Å². The smallest absolute Gasteiger partial charge is 0.335 e. The lowest BCUT2D eigenvalue weighted by atomic mass is 10.1. The van der Waals surface area contributed by atoms with E-state index in [1.54, 1.807) is 18.2 Å². The minimum absolute atomic E-state index is 0.0543. The first-order valence-corrected chi connectivity index (χ1v) is 7.80. The normalized spacial score (nSPS) is 11.7. The Morgan fingerprint density at radius 1 is 1.26 bits per heavy atom. The van der Waals surface area contributed by atoms with Crippen LogP contribution in [-0.2, 0) is 15.6 Å². The number of sulfone groups is 1. The summed E-state index contributed by atoms with van der Waals surface area (Å²) in [5, 5.41) is 9.01. The number of aromatic carboxylic acids is 1. The van der Waals surface area contributed by atoms with Crippen LogP contribution in [-0.4, -0.2) is 50.8 Å². The molecule has 1 rings (SSSR count). The van der Waals surface area contributed by atoms with Crippen LogP contribution < -0.4 is 0 Å². The van der Waals surface area contributed by atoms with E-state index in [4.69, 9.17) is 5.11 Å². The molecule has 0 aliphatic heterocycles. The van der Waals surface area contributed by atoms with Crippen molar-refractivity contribution in [3.63, 3.8) is 0 Å². The topological polar surface area (TPSA) is 74.7 Å². The SMILES string of the molecule is CN(C)CCCS(=O)(=O)Cc1ccccc1C(=O)O. The van der Waals surface area contributed by atoms with E-state index in [2.05, 4.69) is 0 Å². The van der Waals surface area contributed by atoms with Gasteiger partial charge in [0.25, 0.3) is 0 Å². The van der Waals surface area contributed by atoms with Gasteiger partial charge < -0.3 is 10.0 Å². The summed E-state index contributed by atoms with van der Waals surface area (Å²) in [5.74, 6) is -1.25. The standard InChI is InChI=1S/C13H19NO4S/c1-14(2)8-5-9-19(17,18)10-11-6-3-4-7-12(11)13(15)16/h3-4,6-7H,5,8-10H2,1-2H3,(H,15,16). The monoisotopic (exact) mass is 285 g/mol. The molecule has 0 spiro atoms. The molecule has 0 radical (unpaired) electrons. The summed E-state index contributed by atoms with van der Waals surface area (Å²) in [6, 6.07) is 6.21. The van der Waals surface area contributed by atoms with Crippen molar-refractivity contribution in [2.24, 2.45) is 0 Å². The molecule has 0 unspecified atom stereocenters. The molecule has 1 aromatic carbocycles. The highest BCUT2D eigenvalue weighted by molar-refractivity contribution is 7.90. The first-order valence-electron chi connectivity index (χ1n) is 5.98. The van der Waals surface area contributed by atoms with Crippen molar-refractivity contribution in [3.8, 4) is 0 Å². The Hall–Kier alpha value is -1.40. The Kier molecular flexibility index (Phi) is 5.50. The minimum Gasteiger partial charge on any atom is -0.478 e. The Labute approximate surface area is 113 Å². The average molecular weight is 285 g/mol. The molecule has 0 saturated heterocycles. The third-order valence-electron chi connectivity index (χ3n) is 2.68. The van der Waals surface area contributed by atoms with E-state index in [1.165, 1.54) is 6.07 Å². The lowest BCUT2D eigenvalue weighted by Gasteiger charge is -2.10. The number of rotatable bonds is 7. The Morgan fingerprint density at radius 2 is 1.89 bits per heavy atom. The summed E-state index contributed by atoms with van der Waals surface area (Å²) in [7, 11) is 0.486. The fourth-order valence-corrected chi connectivity index (χ4v) is 3.20. The molecule has 0 aliphatic carbocycles. The van der Waals surface area contributed by atoms with Crippen LogP contribution in [0.15, 0.2) is 24.3 Å². The fraction of sp³-hybridized carbons (Fsp3) is 0.462. The maximum atomic E-state index is 11.9. The van der Waals surface area contributed by atoms with Gasteiger partial charge in [-0.2, -0.15) is 0 Å². The highest BCUT2D eigenvalue weighted by Crippen LogP contribution is 2.13. The van der Waals surface area contributed by atoms with E-state index in [0.29, 0.717) is 18.5 Å². The van der Waals surface area contributed by atoms with Crippen LogP contribution in [0.3, 0.4) is 0 Å². The highest BCUT2D eigenvalue weighted by atomic mass is 32.2. The molecule has 106 valence electrons. The molecular weight excluding hydrogens is 266 g/mol. The van der Waals surface area contributed by atoms with Crippen LogP contribution in [0.4, 0.5) is 0 Å². The minimum atomic E-state index is -3.28. The van der Waals surface area contributed by atoms with E-state index < -0.39 is 15.8 Å². The number of carbonyl (C=O) groups is 1. The van der Waals surface area contributed by atoms with Crippen molar-refractivity contribution in [2.45, 2.75) is 12.2 Å². The molecule has 0 heterocycles. The van der Waals surface area contributed by atoms with Crippen molar-refractivity contribution in [2.75, 3.05) is 26.4 Å². The molecule has 1 N–H and O–H groups in total. The molecule has 0 atom stereocenters. The maximum Gasteiger partial charge on any atom is 0.335 e. The van der Waals surface area contributed by atoms with Gasteiger partial charge in [0.05, 0.1) is 17.1 Å². The van der Waals surface area contributed by atoms with Crippen LogP contribution in [0.25, 0.3) is 0 Å². The van der Waals surface area contributed by atoms with E-state index >= 15 is 0 Å². The number of hydrogen-bond acceptors (Lipinski definition) is 4. The van der Waals surface area contributed by atoms with Gasteiger partial charge in [-0.15, -0.1) is 0 Å². The second-order valence-electron chi connectivity index (χ2n) is 4.71. The van der Waals surface area contributed by atoms with E-state index in [1.807, 2.05) is 19.0 Å². The van der Waals surface area contributed by atoms with Crippen molar-refractivity contribution < 1.29 is 18.3 Å². The van der Waals surface area contributed by atoms with Gasteiger partial charge in [0.2, 0.25) is 0 Å². The molecule has 0 amide bonds. The van der Waals surface area contributed by atoms with Gasteiger partial charge in [0, 0.05) is 0 Å². The number of carboxylic acid groups (broad SMARTS) is 1. The van der Waals surface area contributed by atoms with Crippen molar-refractivity contribution in [1.29, 1.82) is 0 Å². The molecule has 0 saturated carbocycles. The first kappa shape index (κ1) is 15.7. The van der Waals surface area contributed by atoms with E-state index in [0.717, 1.165) is 0 Å². The maximum absolute atomic E-state index is 11.9. The second-order valence-corrected chi connectivity index (χ2v) is 6.90. The third-order valence-corrected chi connectivity index (χ3v) is 4.35. The van der Waals surface area contributed by atoms with Gasteiger partial charge in [-0.05, 0) is 38.7 Å². The van der Waals surface area contributed by atoms with Crippen LogP contribution >= 0.6 is 0 Å². The summed E-state index contributed by atoms with van der Waals surface area (Å²) in [5.41, 5.74) is 0.401. The van der Waals surface area contributed by atoms with Crippen molar-refractivity contribution in [3.05, 3.63) is 35.4 Å². The summed E-state index contributed by atoms with van der Waals surface area (Å²) in [6.45, 7) is 0.694. The molecule has 5 nitrogen and oxygen atoms in total. The third kappa shape index (κ3) is 5.40. The fourth-order valence-electron chi connectivity index (χ4n) is 1.76. The van der Waals surface area contributed by atoms with Crippen LogP contribution in [0, 0.1) is 0 Å². The van der Waals surface area contributed by atoms with E-state index in [9.17, 15) is 13.2 Å². The largest absolute Gasteiger partial charge is 0.478 e. The zero-order valence-electron chi connectivity index (χ0n) is 11.2. The first-order chi connectivity index (χ1) is 8.82. The highest BCUT2D eigenvalue weighted by Gasteiger charge is 2.17. The van der Waals surface area contributed by atoms with Crippen LogP contribution in [0.2, 0.25) is 0 Å². The average Bonchev–Trinajstić information content (AvgIpc) is 2.27. The molecule has 19 heavy (non-hydrogen) atoms. The van der Waals surface area contributed by atoms with Gasteiger partial charge in [-0.3, -0.25) is 0 Å². The summed E-state index contributed by atoms with van der Waals surface area (Å²) >= 11 is 0. The number of carboxylic acids is 1. The van der Waals surface area contributed by atoms with Gasteiger partial charge in [0.15, 0.2) is 9.84 Å². The zero-order valence-corrected chi connectivity index (χ0v) is 12.0. The summed E-state index contributed by atoms with van der Waals surface area (Å²) in [4.78, 5) is 12.9. The van der Waals surface area contributed by atoms with E-state index in [-0.39, 0.29) is 17.1 Å². The Balaban J connectivity index is 2.76. The van der Waals surface area contributed by atoms with Crippen molar-refractivity contribution in [1.82, 2.24) is 4.90 Å². The molecule has 0 bridgehead atoms. The molecule has 0 aromatic heterocycles. The number of nitrogens with zero attached hydrogens (tertiary/aromatic N) is 1. The Morgan fingerprint density at radius 3 is 2.47 bits per heavy atom. The molecule has 1 aromatic rings. The predicted octanol–water partition coefficient (Wildman–Crippen LogP) is 1.25. The van der Waals surface area contributed by atoms with Gasteiger partial charge in [-0.1, -0.05) is 18.2 Å². The Bertz CT molecular complexity index is 537. The van der Waals surface area contributed by atoms with Gasteiger partial charge >= 0.3 is 5.97 Å².